The summed E-state index contributed by atoms with van der Waals surface area (Å²) in [6.45, 7) is 6.25. The Hall–Kier alpha value is -1.61. The molecule has 0 aliphatic heterocycles. The van der Waals surface area contributed by atoms with Crippen molar-refractivity contribution in [2.24, 2.45) is 0 Å². The van der Waals surface area contributed by atoms with Crippen molar-refractivity contribution in [1.29, 1.82) is 0 Å². The molecule has 1 aromatic carbocycles. The van der Waals surface area contributed by atoms with Gasteiger partial charge in [-0.05, 0) is 24.1 Å². The fourth-order valence-corrected chi connectivity index (χ4v) is 2.33. The van der Waals surface area contributed by atoms with Gasteiger partial charge in [0.15, 0.2) is 0 Å². The predicted octanol–water partition coefficient (Wildman–Crippen LogP) is 4.20. The number of rotatable bonds is 3. The number of aliphatic carboxylic acids is 1. The maximum absolute atomic E-state index is 10.8. The molecule has 3 nitrogen and oxygen atoms in total. The number of aryl methyl sites for hydroxylation is 1. The molecule has 0 radical (unpaired) electrons. The second-order valence-electron chi connectivity index (χ2n) is 5.95. The zero-order chi connectivity index (χ0) is 14.9. The fourth-order valence-electron chi connectivity index (χ4n) is 2.12. The van der Waals surface area contributed by atoms with Gasteiger partial charge in [0.2, 0.25) is 0 Å². The highest BCUT2D eigenvalue weighted by molar-refractivity contribution is 6.35. The quantitative estimate of drug-likeness (QED) is 0.922. The number of aromatic nitrogens is 1. The van der Waals surface area contributed by atoms with Crippen molar-refractivity contribution in [3.63, 3.8) is 0 Å². The largest absolute Gasteiger partial charge is 0.481 e. The lowest BCUT2D eigenvalue weighted by Gasteiger charge is -2.20. The minimum atomic E-state index is -0.797. The molecule has 0 saturated carbocycles. The summed E-state index contributed by atoms with van der Waals surface area (Å²) in [6, 6.07) is 7.62. The molecule has 1 aromatic heterocycles. The van der Waals surface area contributed by atoms with Gasteiger partial charge in [0.1, 0.15) is 0 Å². The summed E-state index contributed by atoms with van der Waals surface area (Å²) < 4.78 is 0. The molecule has 106 valence electrons. The molecule has 0 aliphatic carbocycles. The molecule has 0 aliphatic rings. The second-order valence-corrected chi connectivity index (χ2v) is 6.35. The molecule has 0 saturated heterocycles. The van der Waals surface area contributed by atoms with Crippen LogP contribution in [0.5, 0.6) is 0 Å². The number of pyridine rings is 1. The molecule has 0 fully saturated rings. The van der Waals surface area contributed by atoms with E-state index in [2.05, 4.69) is 25.8 Å². The zero-order valence-corrected chi connectivity index (χ0v) is 12.7. The van der Waals surface area contributed by atoms with Crippen LogP contribution in [0.25, 0.3) is 10.9 Å². The Morgan fingerprint density at radius 3 is 2.65 bits per heavy atom. The summed E-state index contributed by atoms with van der Waals surface area (Å²) in [5.74, 6) is -0.797. The van der Waals surface area contributed by atoms with Gasteiger partial charge in [0.05, 0.1) is 10.5 Å². The lowest BCUT2D eigenvalue weighted by Crippen LogP contribution is -2.14. The topological polar surface area (TPSA) is 50.2 Å². The number of fused-ring (bicyclic) bond motifs is 1. The van der Waals surface area contributed by atoms with E-state index >= 15 is 0 Å². The lowest BCUT2D eigenvalue weighted by molar-refractivity contribution is -0.136. The van der Waals surface area contributed by atoms with Crippen LogP contribution in [0.1, 0.15) is 38.4 Å². The Kier molecular flexibility index (Phi) is 4.00. The average Bonchev–Trinajstić information content (AvgIpc) is 2.35. The molecular formula is C16H18ClNO2. The van der Waals surface area contributed by atoms with Gasteiger partial charge in [-0.3, -0.25) is 9.78 Å². The van der Waals surface area contributed by atoms with Crippen molar-refractivity contribution in [2.45, 2.75) is 39.0 Å². The molecule has 2 aromatic rings. The van der Waals surface area contributed by atoms with Crippen LogP contribution in [0.15, 0.2) is 24.3 Å². The molecule has 0 amide bonds. The van der Waals surface area contributed by atoms with Crippen LogP contribution in [-0.2, 0) is 16.6 Å². The molecule has 4 heteroatoms. The summed E-state index contributed by atoms with van der Waals surface area (Å²) in [5.41, 5.74) is 2.57. The molecule has 0 bridgehead atoms. The number of carboxylic acid groups (broad SMARTS) is 1. The van der Waals surface area contributed by atoms with Crippen molar-refractivity contribution < 1.29 is 9.90 Å². The average molecular weight is 292 g/mol. The van der Waals surface area contributed by atoms with Crippen molar-refractivity contribution in [1.82, 2.24) is 4.98 Å². The molecule has 20 heavy (non-hydrogen) atoms. The number of hydrogen-bond acceptors (Lipinski definition) is 2. The molecule has 0 unspecified atom stereocenters. The lowest BCUT2D eigenvalue weighted by atomic mass is 9.89. The predicted molar refractivity (Wildman–Crippen MR) is 81.4 cm³/mol. The van der Waals surface area contributed by atoms with E-state index in [4.69, 9.17) is 16.7 Å². The van der Waals surface area contributed by atoms with Crippen LogP contribution in [0.4, 0.5) is 0 Å². The van der Waals surface area contributed by atoms with E-state index in [1.54, 1.807) is 0 Å². The number of carboxylic acids is 1. The first-order valence-corrected chi connectivity index (χ1v) is 6.97. The van der Waals surface area contributed by atoms with E-state index in [9.17, 15) is 4.79 Å². The van der Waals surface area contributed by atoms with Gasteiger partial charge in [-0.2, -0.15) is 0 Å². The summed E-state index contributed by atoms with van der Waals surface area (Å²) in [7, 11) is 0. The molecule has 0 atom stereocenters. The SMILES string of the molecule is CC(C)(C)c1cc(CCC(=O)O)c2cccc(Cl)c2n1. The van der Waals surface area contributed by atoms with Crippen molar-refractivity contribution in [2.75, 3.05) is 0 Å². The molecule has 0 spiro atoms. The first kappa shape index (κ1) is 14.8. The highest BCUT2D eigenvalue weighted by Crippen LogP contribution is 2.30. The van der Waals surface area contributed by atoms with Gasteiger partial charge >= 0.3 is 5.97 Å². The Morgan fingerprint density at radius 1 is 1.35 bits per heavy atom. The smallest absolute Gasteiger partial charge is 0.303 e. The van der Waals surface area contributed by atoms with Gasteiger partial charge in [-0.15, -0.1) is 0 Å². The van der Waals surface area contributed by atoms with E-state index < -0.39 is 5.97 Å². The Balaban J connectivity index is 2.63. The standard InChI is InChI=1S/C16H18ClNO2/c1-16(2,3)13-9-10(7-8-14(19)20)11-5-4-6-12(17)15(11)18-13/h4-6,9H,7-8H2,1-3H3,(H,19,20). The highest BCUT2D eigenvalue weighted by Gasteiger charge is 2.19. The Morgan fingerprint density at radius 2 is 2.05 bits per heavy atom. The highest BCUT2D eigenvalue weighted by atomic mass is 35.5. The number of carbonyl (C=O) groups is 1. The minimum absolute atomic E-state index is 0.106. The van der Waals surface area contributed by atoms with Crippen LogP contribution in [0.3, 0.4) is 0 Å². The minimum Gasteiger partial charge on any atom is -0.481 e. The summed E-state index contributed by atoms with van der Waals surface area (Å²) in [6.07, 6.45) is 0.590. The van der Waals surface area contributed by atoms with E-state index in [-0.39, 0.29) is 11.8 Å². The fraction of sp³-hybridized carbons (Fsp3) is 0.375. The van der Waals surface area contributed by atoms with Crippen LogP contribution in [0.2, 0.25) is 5.02 Å². The number of para-hydroxylation sites is 1. The van der Waals surface area contributed by atoms with E-state index in [1.165, 1.54) is 0 Å². The van der Waals surface area contributed by atoms with E-state index in [0.717, 1.165) is 22.2 Å². The second kappa shape index (κ2) is 5.41. The van der Waals surface area contributed by atoms with Crippen LogP contribution in [0, 0.1) is 0 Å². The van der Waals surface area contributed by atoms with Crippen LogP contribution >= 0.6 is 11.6 Å². The molecule has 1 heterocycles. The first-order valence-electron chi connectivity index (χ1n) is 6.59. The van der Waals surface area contributed by atoms with Gasteiger partial charge in [0.25, 0.3) is 0 Å². The third-order valence-electron chi connectivity index (χ3n) is 3.25. The third-order valence-corrected chi connectivity index (χ3v) is 3.56. The Bertz CT molecular complexity index is 659. The van der Waals surface area contributed by atoms with E-state index in [1.807, 2.05) is 24.3 Å². The van der Waals surface area contributed by atoms with Crippen LogP contribution < -0.4 is 0 Å². The van der Waals surface area contributed by atoms with Gasteiger partial charge < -0.3 is 5.11 Å². The normalized spacial score (nSPS) is 11.8. The van der Waals surface area contributed by atoms with Gasteiger partial charge in [-0.25, -0.2) is 0 Å². The molecule has 2 rings (SSSR count). The van der Waals surface area contributed by atoms with Crippen molar-refractivity contribution in [3.8, 4) is 0 Å². The maximum atomic E-state index is 10.8. The maximum Gasteiger partial charge on any atom is 0.303 e. The number of halogens is 1. The zero-order valence-electron chi connectivity index (χ0n) is 11.9. The van der Waals surface area contributed by atoms with E-state index in [0.29, 0.717) is 11.4 Å². The van der Waals surface area contributed by atoms with Crippen molar-refractivity contribution in [3.05, 3.63) is 40.5 Å². The molecular weight excluding hydrogens is 274 g/mol. The van der Waals surface area contributed by atoms with Crippen LogP contribution in [-0.4, -0.2) is 16.1 Å². The number of hydrogen-bond donors (Lipinski definition) is 1. The number of benzene rings is 1. The van der Waals surface area contributed by atoms with Crippen molar-refractivity contribution >= 4 is 28.5 Å². The third kappa shape index (κ3) is 3.10. The van der Waals surface area contributed by atoms with Gasteiger partial charge in [-0.1, -0.05) is 44.5 Å². The monoisotopic (exact) mass is 291 g/mol. The first-order chi connectivity index (χ1) is 9.29. The summed E-state index contributed by atoms with van der Waals surface area (Å²) in [4.78, 5) is 15.5. The number of nitrogens with zero attached hydrogens (tertiary/aromatic N) is 1. The summed E-state index contributed by atoms with van der Waals surface area (Å²) in [5, 5.41) is 10.4. The Labute approximate surface area is 123 Å². The molecule has 1 N–H and O–H groups in total. The van der Waals surface area contributed by atoms with Gasteiger partial charge in [0, 0.05) is 22.9 Å². The summed E-state index contributed by atoms with van der Waals surface area (Å²) >= 11 is 6.23.